The van der Waals surface area contributed by atoms with Gasteiger partial charge < -0.3 is 19.8 Å². The number of H-pyrrole nitrogens is 1. The number of hydrogen-bond acceptors (Lipinski definition) is 4. The van der Waals surface area contributed by atoms with Crippen LogP contribution in [-0.2, 0) is 0 Å². The van der Waals surface area contributed by atoms with E-state index in [0.29, 0.717) is 11.2 Å². The highest BCUT2D eigenvalue weighted by Gasteiger charge is 2.15. The van der Waals surface area contributed by atoms with Gasteiger partial charge in [0, 0.05) is 17.2 Å². The van der Waals surface area contributed by atoms with Crippen molar-refractivity contribution in [3.63, 3.8) is 0 Å². The van der Waals surface area contributed by atoms with Gasteiger partial charge in [-0.3, -0.25) is 0 Å². The fourth-order valence-electron chi connectivity index (χ4n) is 2.67. The second kappa shape index (κ2) is 5.97. The van der Waals surface area contributed by atoms with Crippen LogP contribution in [0.2, 0.25) is 0 Å². The Labute approximate surface area is 127 Å². The third-order valence-corrected chi connectivity index (χ3v) is 5.22. The first kappa shape index (κ1) is 14.3. The minimum atomic E-state index is -1.27. The number of carbonyl (C=O) groups excluding carboxylic acids is 1. The van der Waals surface area contributed by atoms with Gasteiger partial charge in [-0.25, -0.2) is 4.98 Å². The number of anilines is 1. The number of thioether (sulfide) groups is 1. The normalized spacial score (nSPS) is 16.2. The van der Waals surface area contributed by atoms with Crippen molar-refractivity contribution in [3.8, 4) is 0 Å². The van der Waals surface area contributed by atoms with Crippen LogP contribution in [0.3, 0.4) is 0 Å². The first-order valence-electron chi connectivity index (χ1n) is 7.24. The summed E-state index contributed by atoms with van der Waals surface area (Å²) in [5.41, 5.74) is 1.63. The number of nitrogens with zero attached hydrogens (tertiary/aromatic N) is 2. The minimum Gasteiger partial charge on any atom is -0.530 e. The third kappa shape index (κ3) is 3.15. The predicted octanol–water partition coefficient (Wildman–Crippen LogP) is 2.77. The van der Waals surface area contributed by atoms with Crippen molar-refractivity contribution in [1.82, 2.24) is 9.97 Å². The van der Waals surface area contributed by atoms with E-state index < -0.39 is 6.09 Å². The molecule has 1 heterocycles. The van der Waals surface area contributed by atoms with Crippen molar-refractivity contribution >= 4 is 34.8 Å². The van der Waals surface area contributed by atoms with Crippen molar-refractivity contribution in [2.24, 2.45) is 0 Å². The van der Waals surface area contributed by atoms with Crippen LogP contribution in [0.5, 0.6) is 0 Å². The number of amides is 1. The molecule has 1 N–H and O–H groups in total. The lowest BCUT2D eigenvalue weighted by molar-refractivity contribution is -0.246. The SMILES string of the molecule is CN(C(=O)[O-])c1nc2ccc(SC3CCCCC3)cc2[nH]1. The highest BCUT2D eigenvalue weighted by atomic mass is 32.2. The number of rotatable bonds is 3. The molecule has 0 unspecified atom stereocenters. The first-order chi connectivity index (χ1) is 10.1. The van der Waals surface area contributed by atoms with Crippen molar-refractivity contribution in [2.75, 3.05) is 11.9 Å². The molecule has 1 fully saturated rings. The zero-order chi connectivity index (χ0) is 14.8. The second-order valence-corrected chi connectivity index (χ2v) is 6.82. The Hall–Kier alpha value is -1.69. The van der Waals surface area contributed by atoms with Crippen molar-refractivity contribution < 1.29 is 9.90 Å². The molecular weight excluding hydrogens is 286 g/mol. The van der Waals surface area contributed by atoms with E-state index in [2.05, 4.69) is 16.0 Å². The summed E-state index contributed by atoms with van der Waals surface area (Å²) in [6, 6.07) is 6.04. The summed E-state index contributed by atoms with van der Waals surface area (Å²) in [7, 11) is 1.42. The Bertz CT molecular complexity index is 649. The van der Waals surface area contributed by atoms with Gasteiger partial charge in [0.2, 0.25) is 5.95 Å². The number of fused-ring (bicyclic) bond motifs is 1. The van der Waals surface area contributed by atoms with Gasteiger partial charge in [-0.15, -0.1) is 11.8 Å². The Morgan fingerprint density at radius 1 is 1.38 bits per heavy atom. The van der Waals surface area contributed by atoms with Crippen LogP contribution in [0, 0.1) is 0 Å². The zero-order valence-corrected chi connectivity index (χ0v) is 12.8. The summed E-state index contributed by atoms with van der Waals surface area (Å²) in [5.74, 6) is 0.296. The van der Waals surface area contributed by atoms with Crippen LogP contribution in [0.4, 0.5) is 10.7 Å². The van der Waals surface area contributed by atoms with Gasteiger partial charge in [0.1, 0.15) is 6.09 Å². The molecule has 0 radical (unpaired) electrons. The van der Waals surface area contributed by atoms with E-state index >= 15 is 0 Å². The number of aromatic amines is 1. The summed E-state index contributed by atoms with van der Waals surface area (Å²) in [6.45, 7) is 0. The summed E-state index contributed by atoms with van der Waals surface area (Å²) in [4.78, 5) is 20.3. The van der Waals surface area contributed by atoms with Crippen LogP contribution < -0.4 is 10.0 Å². The largest absolute Gasteiger partial charge is 0.530 e. The van der Waals surface area contributed by atoms with E-state index in [1.54, 1.807) is 0 Å². The van der Waals surface area contributed by atoms with E-state index in [4.69, 9.17) is 0 Å². The average Bonchev–Trinajstić information content (AvgIpc) is 2.90. The van der Waals surface area contributed by atoms with Gasteiger partial charge in [-0.1, -0.05) is 19.3 Å². The Kier molecular flexibility index (Phi) is 4.05. The minimum absolute atomic E-state index is 0.296. The average molecular weight is 304 g/mol. The fourth-order valence-corrected chi connectivity index (χ4v) is 3.96. The maximum absolute atomic E-state index is 10.9. The summed E-state index contributed by atoms with van der Waals surface area (Å²) in [6.07, 6.45) is 5.30. The molecule has 0 atom stereocenters. The standard InChI is InChI=1S/C15H19N3O2S/c1-18(15(19)20)14-16-12-8-7-11(9-13(12)17-14)21-10-5-3-2-4-6-10/h7-10H,2-6H2,1H3,(H,16,17)(H,19,20)/p-1. The molecule has 1 aromatic heterocycles. The fraction of sp³-hybridized carbons (Fsp3) is 0.467. The second-order valence-electron chi connectivity index (χ2n) is 5.44. The van der Waals surface area contributed by atoms with Gasteiger partial charge in [0.05, 0.1) is 11.0 Å². The van der Waals surface area contributed by atoms with Gasteiger partial charge in [-0.05, 0) is 31.0 Å². The molecule has 1 saturated carbocycles. The van der Waals surface area contributed by atoms with E-state index in [9.17, 15) is 9.90 Å². The number of nitrogens with one attached hydrogen (secondary N) is 1. The number of carboxylic acid groups (broad SMARTS) is 1. The van der Waals surface area contributed by atoms with Crippen molar-refractivity contribution in [3.05, 3.63) is 18.2 Å². The molecule has 1 amide bonds. The van der Waals surface area contributed by atoms with E-state index in [1.165, 1.54) is 44.0 Å². The summed E-state index contributed by atoms with van der Waals surface area (Å²) < 4.78 is 0. The quantitative estimate of drug-likeness (QED) is 0.946. The highest BCUT2D eigenvalue weighted by Crippen LogP contribution is 2.34. The molecule has 0 bridgehead atoms. The van der Waals surface area contributed by atoms with Crippen LogP contribution in [-0.4, -0.2) is 28.4 Å². The summed E-state index contributed by atoms with van der Waals surface area (Å²) in [5, 5.41) is 11.6. The van der Waals surface area contributed by atoms with Crippen LogP contribution in [0.1, 0.15) is 32.1 Å². The Balaban J connectivity index is 1.80. The molecule has 1 aliphatic carbocycles. The summed E-state index contributed by atoms with van der Waals surface area (Å²) >= 11 is 1.91. The topological polar surface area (TPSA) is 72.1 Å². The monoisotopic (exact) mass is 304 g/mol. The number of hydrogen-bond donors (Lipinski definition) is 1. The first-order valence-corrected chi connectivity index (χ1v) is 8.12. The maximum Gasteiger partial charge on any atom is 0.209 e. The van der Waals surface area contributed by atoms with Gasteiger partial charge in [0.15, 0.2) is 0 Å². The zero-order valence-electron chi connectivity index (χ0n) is 12.0. The van der Waals surface area contributed by atoms with Crippen LogP contribution >= 0.6 is 11.8 Å². The highest BCUT2D eigenvalue weighted by molar-refractivity contribution is 8.00. The molecule has 21 heavy (non-hydrogen) atoms. The maximum atomic E-state index is 10.9. The Morgan fingerprint density at radius 2 is 2.14 bits per heavy atom. The Morgan fingerprint density at radius 3 is 2.86 bits per heavy atom. The number of benzene rings is 1. The number of aromatic nitrogens is 2. The molecule has 0 spiro atoms. The lowest BCUT2D eigenvalue weighted by Gasteiger charge is -2.20. The number of imidazole rings is 1. The smallest absolute Gasteiger partial charge is 0.209 e. The molecule has 0 saturated heterocycles. The molecule has 3 rings (SSSR count). The third-order valence-electron chi connectivity index (χ3n) is 3.89. The molecule has 1 aromatic carbocycles. The van der Waals surface area contributed by atoms with Crippen molar-refractivity contribution in [2.45, 2.75) is 42.2 Å². The van der Waals surface area contributed by atoms with Crippen LogP contribution in [0.15, 0.2) is 23.1 Å². The number of carbonyl (C=O) groups is 1. The van der Waals surface area contributed by atoms with E-state index in [0.717, 1.165) is 15.9 Å². The van der Waals surface area contributed by atoms with Gasteiger partial charge in [-0.2, -0.15) is 0 Å². The van der Waals surface area contributed by atoms with E-state index in [1.807, 2.05) is 23.9 Å². The van der Waals surface area contributed by atoms with Gasteiger partial charge in [0.25, 0.3) is 0 Å². The lowest BCUT2D eigenvalue weighted by atomic mass is 10.0. The van der Waals surface area contributed by atoms with Crippen molar-refractivity contribution in [1.29, 1.82) is 0 Å². The van der Waals surface area contributed by atoms with Gasteiger partial charge >= 0.3 is 0 Å². The lowest BCUT2D eigenvalue weighted by Crippen LogP contribution is -2.38. The predicted molar refractivity (Wildman–Crippen MR) is 82.6 cm³/mol. The molecular formula is C15H18N3O2S-. The van der Waals surface area contributed by atoms with Crippen LogP contribution in [0.25, 0.3) is 11.0 Å². The molecule has 6 heteroatoms. The molecule has 1 aliphatic rings. The molecule has 2 aromatic rings. The molecule has 0 aliphatic heterocycles. The molecule has 5 nitrogen and oxygen atoms in total. The molecule has 112 valence electrons. The van der Waals surface area contributed by atoms with E-state index in [-0.39, 0.29) is 0 Å².